The van der Waals surface area contributed by atoms with Gasteiger partial charge >= 0.3 is 0 Å². The molecule has 0 aromatic rings. The summed E-state index contributed by atoms with van der Waals surface area (Å²) in [6.45, 7) is 6.91. The number of methoxy groups -OCH3 is 1. The van der Waals surface area contributed by atoms with Crippen molar-refractivity contribution in [1.29, 1.82) is 0 Å². The molecular weight excluding hydrogens is 164 g/mol. The second-order valence-electron chi connectivity index (χ2n) is 4.01. The molecule has 3 unspecified atom stereocenters. The van der Waals surface area contributed by atoms with Gasteiger partial charge in [0.2, 0.25) is 0 Å². The summed E-state index contributed by atoms with van der Waals surface area (Å²) in [6.07, 6.45) is 3.39. The quantitative estimate of drug-likeness (QED) is 0.665. The Morgan fingerprint density at radius 2 is 1.92 bits per heavy atom. The summed E-state index contributed by atoms with van der Waals surface area (Å²) < 4.78 is 5.34. The summed E-state index contributed by atoms with van der Waals surface area (Å²) in [4.78, 5) is 0. The Morgan fingerprint density at radius 1 is 1.31 bits per heavy atom. The second kappa shape index (κ2) is 7.34. The molecule has 0 aromatic heterocycles. The summed E-state index contributed by atoms with van der Waals surface area (Å²) in [6, 6.07) is 0. The first-order chi connectivity index (χ1) is 6.15. The highest BCUT2D eigenvalue weighted by Gasteiger charge is 2.17. The van der Waals surface area contributed by atoms with Gasteiger partial charge in [-0.2, -0.15) is 0 Å². The highest BCUT2D eigenvalue weighted by atomic mass is 16.5. The molecule has 2 nitrogen and oxygen atoms in total. The lowest BCUT2D eigenvalue weighted by Crippen LogP contribution is -2.23. The summed E-state index contributed by atoms with van der Waals surface area (Å²) >= 11 is 0. The van der Waals surface area contributed by atoms with Crippen molar-refractivity contribution in [3.63, 3.8) is 0 Å². The van der Waals surface area contributed by atoms with Crippen molar-refractivity contribution < 1.29 is 9.84 Å². The van der Waals surface area contributed by atoms with Gasteiger partial charge in [0.1, 0.15) is 0 Å². The van der Waals surface area contributed by atoms with E-state index in [4.69, 9.17) is 9.84 Å². The first-order valence-electron chi connectivity index (χ1n) is 5.29. The molecule has 0 amide bonds. The predicted molar refractivity (Wildman–Crippen MR) is 55.7 cm³/mol. The number of hydrogen-bond donors (Lipinski definition) is 1. The Balaban J connectivity index is 3.82. The van der Waals surface area contributed by atoms with E-state index in [9.17, 15) is 0 Å². The second-order valence-corrected chi connectivity index (χ2v) is 4.01. The van der Waals surface area contributed by atoms with Gasteiger partial charge in [0, 0.05) is 13.7 Å². The van der Waals surface area contributed by atoms with Crippen LogP contribution < -0.4 is 0 Å². The lowest BCUT2D eigenvalue weighted by Gasteiger charge is -2.24. The molecule has 0 aliphatic rings. The van der Waals surface area contributed by atoms with Gasteiger partial charge in [0.25, 0.3) is 0 Å². The number of aliphatic hydroxyl groups excluding tert-OH is 1. The smallest absolute Gasteiger partial charge is 0.0618 e. The molecule has 0 fully saturated rings. The van der Waals surface area contributed by atoms with E-state index in [0.717, 1.165) is 12.3 Å². The third-order valence-electron chi connectivity index (χ3n) is 2.82. The van der Waals surface area contributed by atoms with Crippen molar-refractivity contribution in [3.8, 4) is 0 Å². The minimum absolute atomic E-state index is 0.221. The van der Waals surface area contributed by atoms with Crippen molar-refractivity contribution in [2.45, 2.75) is 46.1 Å². The van der Waals surface area contributed by atoms with Crippen molar-refractivity contribution in [2.24, 2.45) is 11.8 Å². The largest absolute Gasteiger partial charge is 0.396 e. The van der Waals surface area contributed by atoms with Gasteiger partial charge in [-0.1, -0.05) is 27.2 Å². The Hall–Kier alpha value is -0.0800. The van der Waals surface area contributed by atoms with Crippen LogP contribution in [0.3, 0.4) is 0 Å². The average Bonchev–Trinajstić information content (AvgIpc) is 2.13. The van der Waals surface area contributed by atoms with Gasteiger partial charge in [-0.3, -0.25) is 0 Å². The molecule has 0 aromatic carbocycles. The molecule has 0 aliphatic heterocycles. The SMILES string of the molecule is CCC(C)CC(C)C(CCO)OC. The molecular formula is C11H24O2. The maximum absolute atomic E-state index is 8.83. The molecule has 13 heavy (non-hydrogen) atoms. The van der Waals surface area contributed by atoms with Gasteiger partial charge in [-0.05, 0) is 24.7 Å². The predicted octanol–water partition coefficient (Wildman–Crippen LogP) is 2.46. The average molecular weight is 188 g/mol. The van der Waals surface area contributed by atoms with Crippen molar-refractivity contribution in [1.82, 2.24) is 0 Å². The van der Waals surface area contributed by atoms with E-state index in [1.165, 1.54) is 12.8 Å². The normalized spacial score (nSPS) is 18.2. The number of rotatable bonds is 7. The molecule has 0 heterocycles. The molecule has 0 bridgehead atoms. The fourth-order valence-electron chi connectivity index (χ4n) is 1.72. The molecule has 0 saturated heterocycles. The standard InChI is InChI=1S/C11H24O2/c1-5-9(2)8-10(3)11(13-4)6-7-12/h9-12H,5-8H2,1-4H3. The van der Waals surface area contributed by atoms with Gasteiger partial charge in [0.15, 0.2) is 0 Å². The van der Waals surface area contributed by atoms with E-state index in [1.807, 2.05) is 0 Å². The first kappa shape index (κ1) is 12.9. The van der Waals surface area contributed by atoms with Crippen LogP contribution in [0.1, 0.15) is 40.0 Å². The fourth-order valence-corrected chi connectivity index (χ4v) is 1.72. The number of hydrogen-bond acceptors (Lipinski definition) is 2. The van der Waals surface area contributed by atoms with Gasteiger partial charge in [0.05, 0.1) is 6.10 Å². The maximum Gasteiger partial charge on any atom is 0.0618 e. The Labute approximate surface area is 82.3 Å². The van der Waals surface area contributed by atoms with Crippen LogP contribution >= 0.6 is 0 Å². The van der Waals surface area contributed by atoms with Crippen LogP contribution in [0.25, 0.3) is 0 Å². The lowest BCUT2D eigenvalue weighted by atomic mass is 9.90. The van der Waals surface area contributed by atoms with Gasteiger partial charge in [-0.25, -0.2) is 0 Å². The molecule has 80 valence electrons. The Bertz CT molecular complexity index is 115. The third kappa shape index (κ3) is 5.27. The van der Waals surface area contributed by atoms with Gasteiger partial charge < -0.3 is 9.84 Å². The number of aliphatic hydroxyl groups is 1. The van der Waals surface area contributed by atoms with Crippen LogP contribution in [-0.4, -0.2) is 24.9 Å². The highest BCUT2D eigenvalue weighted by molar-refractivity contribution is 4.68. The van der Waals surface area contributed by atoms with Crippen molar-refractivity contribution in [3.05, 3.63) is 0 Å². The minimum atomic E-state index is 0.221. The topological polar surface area (TPSA) is 29.5 Å². The number of ether oxygens (including phenoxy) is 1. The fraction of sp³-hybridized carbons (Fsp3) is 1.00. The summed E-state index contributed by atoms with van der Waals surface area (Å²) in [5, 5.41) is 8.83. The van der Waals surface area contributed by atoms with Gasteiger partial charge in [-0.15, -0.1) is 0 Å². The molecule has 0 spiro atoms. The van der Waals surface area contributed by atoms with Crippen LogP contribution in [0.5, 0.6) is 0 Å². The molecule has 1 N–H and O–H groups in total. The minimum Gasteiger partial charge on any atom is -0.396 e. The van der Waals surface area contributed by atoms with Crippen LogP contribution in [0, 0.1) is 11.8 Å². The lowest BCUT2D eigenvalue weighted by molar-refractivity contribution is 0.0304. The van der Waals surface area contributed by atoms with E-state index >= 15 is 0 Å². The highest BCUT2D eigenvalue weighted by Crippen LogP contribution is 2.21. The van der Waals surface area contributed by atoms with E-state index in [-0.39, 0.29) is 12.7 Å². The molecule has 0 rings (SSSR count). The summed E-state index contributed by atoms with van der Waals surface area (Å²) in [5.74, 6) is 1.30. The zero-order valence-corrected chi connectivity index (χ0v) is 9.42. The van der Waals surface area contributed by atoms with E-state index in [2.05, 4.69) is 20.8 Å². The maximum atomic E-state index is 8.83. The van der Waals surface area contributed by atoms with E-state index in [1.54, 1.807) is 7.11 Å². The van der Waals surface area contributed by atoms with E-state index in [0.29, 0.717) is 5.92 Å². The van der Waals surface area contributed by atoms with Crippen LogP contribution in [-0.2, 0) is 4.74 Å². The van der Waals surface area contributed by atoms with Crippen LogP contribution in [0.2, 0.25) is 0 Å². The van der Waals surface area contributed by atoms with E-state index < -0.39 is 0 Å². The Morgan fingerprint density at radius 3 is 2.31 bits per heavy atom. The molecule has 0 saturated carbocycles. The first-order valence-corrected chi connectivity index (χ1v) is 5.29. The monoisotopic (exact) mass is 188 g/mol. The molecule has 0 aliphatic carbocycles. The summed E-state index contributed by atoms with van der Waals surface area (Å²) in [7, 11) is 1.73. The summed E-state index contributed by atoms with van der Waals surface area (Å²) in [5.41, 5.74) is 0. The zero-order chi connectivity index (χ0) is 10.3. The zero-order valence-electron chi connectivity index (χ0n) is 9.42. The molecule has 0 radical (unpaired) electrons. The molecule has 2 heteroatoms. The van der Waals surface area contributed by atoms with Crippen molar-refractivity contribution in [2.75, 3.05) is 13.7 Å². The molecule has 3 atom stereocenters. The Kier molecular flexibility index (Phi) is 7.29. The van der Waals surface area contributed by atoms with Crippen molar-refractivity contribution >= 4 is 0 Å². The van der Waals surface area contributed by atoms with Crippen LogP contribution in [0.4, 0.5) is 0 Å². The van der Waals surface area contributed by atoms with Crippen LogP contribution in [0.15, 0.2) is 0 Å². The third-order valence-corrected chi connectivity index (χ3v) is 2.82.